The summed E-state index contributed by atoms with van der Waals surface area (Å²) in [6.07, 6.45) is 1.72. The monoisotopic (exact) mass is 237 g/mol. The van der Waals surface area contributed by atoms with Gasteiger partial charge in [-0.05, 0) is 32.8 Å². The van der Waals surface area contributed by atoms with Crippen LogP contribution in [0.15, 0.2) is 11.1 Å². The standard InChI is InChI=1S/C13H19NO3/c1-4-17-12(16)13-6-5-11(15)14(13)8-10(7-13)9(2)3/h4-8H2,1-3H3. The summed E-state index contributed by atoms with van der Waals surface area (Å²) in [6, 6.07) is 0. The summed E-state index contributed by atoms with van der Waals surface area (Å²) in [4.78, 5) is 25.7. The maximum Gasteiger partial charge on any atom is 0.332 e. The van der Waals surface area contributed by atoms with Gasteiger partial charge in [-0.3, -0.25) is 4.79 Å². The molecule has 2 heterocycles. The van der Waals surface area contributed by atoms with Crippen LogP contribution in [0.3, 0.4) is 0 Å². The van der Waals surface area contributed by atoms with Crippen molar-refractivity contribution in [3.05, 3.63) is 11.1 Å². The number of nitrogens with zero attached hydrogens (tertiary/aromatic N) is 1. The smallest absolute Gasteiger partial charge is 0.332 e. The Morgan fingerprint density at radius 3 is 2.76 bits per heavy atom. The van der Waals surface area contributed by atoms with Crippen LogP contribution in [0.4, 0.5) is 0 Å². The van der Waals surface area contributed by atoms with Gasteiger partial charge in [0.05, 0.1) is 6.61 Å². The third-order valence-corrected chi connectivity index (χ3v) is 3.79. The Balaban J connectivity index is 2.33. The first-order chi connectivity index (χ1) is 8.01. The molecule has 2 aliphatic heterocycles. The molecule has 0 bridgehead atoms. The van der Waals surface area contributed by atoms with Crippen LogP contribution in [0.2, 0.25) is 0 Å². The maximum atomic E-state index is 12.1. The highest BCUT2D eigenvalue weighted by Crippen LogP contribution is 2.43. The molecule has 0 saturated carbocycles. The molecule has 0 aliphatic carbocycles. The van der Waals surface area contributed by atoms with E-state index in [9.17, 15) is 9.59 Å². The Labute approximate surface area is 102 Å². The second-order valence-electron chi connectivity index (χ2n) is 5.01. The number of carbonyl (C=O) groups is 2. The average molecular weight is 237 g/mol. The lowest BCUT2D eigenvalue weighted by Gasteiger charge is -2.28. The van der Waals surface area contributed by atoms with Crippen molar-refractivity contribution in [2.24, 2.45) is 0 Å². The van der Waals surface area contributed by atoms with E-state index < -0.39 is 5.54 Å². The van der Waals surface area contributed by atoms with Crippen LogP contribution in [-0.2, 0) is 14.3 Å². The van der Waals surface area contributed by atoms with Gasteiger partial charge in [-0.2, -0.15) is 0 Å². The molecule has 0 aromatic carbocycles. The van der Waals surface area contributed by atoms with E-state index in [1.54, 1.807) is 11.8 Å². The molecule has 17 heavy (non-hydrogen) atoms. The van der Waals surface area contributed by atoms with Crippen molar-refractivity contribution in [3.8, 4) is 0 Å². The molecular formula is C13H19NO3. The van der Waals surface area contributed by atoms with E-state index in [2.05, 4.69) is 0 Å². The quantitative estimate of drug-likeness (QED) is 0.542. The van der Waals surface area contributed by atoms with Gasteiger partial charge in [0.15, 0.2) is 0 Å². The van der Waals surface area contributed by atoms with E-state index in [1.807, 2.05) is 13.8 Å². The summed E-state index contributed by atoms with van der Waals surface area (Å²) < 4.78 is 5.15. The molecule has 1 unspecified atom stereocenters. The van der Waals surface area contributed by atoms with Gasteiger partial charge in [-0.25, -0.2) is 4.79 Å². The number of hydrogen-bond donors (Lipinski definition) is 0. The summed E-state index contributed by atoms with van der Waals surface area (Å²) in [5.74, 6) is -0.156. The normalized spacial score (nSPS) is 27.4. The predicted octanol–water partition coefficient (Wildman–Crippen LogP) is 1.65. The Morgan fingerprint density at radius 1 is 1.47 bits per heavy atom. The second-order valence-corrected chi connectivity index (χ2v) is 5.01. The number of fused-ring (bicyclic) bond motifs is 1. The zero-order chi connectivity index (χ0) is 12.6. The lowest BCUT2D eigenvalue weighted by molar-refractivity contribution is -0.157. The van der Waals surface area contributed by atoms with Gasteiger partial charge < -0.3 is 9.64 Å². The van der Waals surface area contributed by atoms with Crippen LogP contribution < -0.4 is 0 Å². The lowest BCUT2D eigenvalue weighted by Crippen LogP contribution is -2.48. The maximum absolute atomic E-state index is 12.1. The molecule has 0 N–H and O–H groups in total. The first-order valence-corrected chi connectivity index (χ1v) is 6.14. The second kappa shape index (κ2) is 4.17. The number of esters is 1. The zero-order valence-corrected chi connectivity index (χ0v) is 10.7. The Morgan fingerprint density at radius 2 is 2.18 bits per heavy atom. The van der Waals surface area contributed by atoms with Gasteiger partial charge in [-0.1, -0.05) is 5.57 Å². The molecule has 0 aromatic heterocycles. The van der Waals surface area contributed by atoms with Crippen LogP contribution in [0.25, 0.3) is 0 Å². The first-order valence-electron chi connectivity index (χ1n) is 6.14. The Kier molecular flexibility index (Phi) is 2.98. The molecule has 2 rings (SSSR count). The van der Waals surface area contributed by atoms with Crippen LogP contribution in [0.1, 0.15) is 40.0 Å². The van der Waals surface area contributed by atoms with E-state index in [0.717, 1.165) is 0 Å². The lowest BCUT2D eigenvalue weighted by atomic mass is 9.91. The highest BCUT2D eigenvalue weighted by molar-refractivity contribution is 5.93. The summed E-state index contributed by atoms with van der Waals surface area (Å²) >= 11 is 0. The highest BCUT2D eigenvalue weighted by atomic mass is 16.5. The van der Waals surface area contributed by atoms with E-state index in [0.29, 0.717) is 32.4 Å². The summed E-state index contributed by atoms with van der Waals surface area (Å²) in [6.45, 7) is 6.82. The van der Waals surface area contributed by atoms with Gasteiger partial charge in [0.2, 0.25) is 5.91 Å². The van der Waals surface area contributed by atoms with Crippen molar-refractivity contribution in [1.29, 1.82) is 0 Å². The van der Waals surface area contributed by atoms with E-state index in [4.69, 9.17) is 4.74 Å². The zero-order valence-electron chi connectivity index (χ0n) is 10.7. The highest BCUT2D eigenvalue weighted by Gasteiger charge is 2.56. The Hall–Kier alpha value is -1.32. The van der Waals surface area contributed by atoms with Crippen molar-refractivity contribution in [2.75, 3.05) is 13.2 Å². The van der Waals surface area contributed by atoms with Crippen LogP contribution >= 0.6 is 0 Å². The number of hydrogen-bond acceptors (Lipinski definition) is 3. The predicted molar refractivity (Wildman–Crippen MR) is 63.3 cm³/mol. The average Bonchev–Trinajstić information content (AvgIpc) is 2.79. The number of carbonyl (C=O) groups excluding carboxylic acids is 2. The third-order valence-electron chi connectivity index (χ3n) is 3.79. The molecule has 2 saturated heterocycles. The van der Waals surface area contributed by atoms with Crippen LogP contribution in [0, 0.1) is 0 Å². The number of amides is 1. The summed E-state index contributed by atoms with van der Waals surface area (Å²) in [5, 5.41) is 0. The number of rotatable bonds is 2. The van der Waals surface area contributed by atoms with Gasteiger partial charge in [0.1, 0.15) is 5.54 Å². The Bertz CT molecular complexity index is 395. The van der Waals surface area contributed by atoms with Gasteiger partial charge >= 0.3 is 5.97 Å². The van der Waals surface area contributed by atoms with Gasteiger partial charge in [-0.15, -0.1) is 0 Å². The fraction of sp³-hybridized carbons (Fsp3) is 0.692. The minimum atomic E-state index is -0.695. The number of allylic oxidation sites excluding steroid dienone is 1. The molecule has 0 aromatic rings. The molecule has 2 aliphatic rings. The SMILES string of the molecule is CCOC(=O)C12CCC(=O)N1CC(=C(C)C)C2. The van der Waals surface area contributed by atoms with Crippen LogP contribution in [0.5, 0.6) is 0 Å². The van der Waals surface area contributed by atoms with Crippen molar-refractivity contribution >= 4 is 11.9 Å². The summed E-state index contributed by atoms with van der Waals surface area (Å²) in [5.41, 5.74) is 1.71. The van der Waals surface area contributed by atoms with Crippen molar-refractivity contribution < 1.29 is 14.3 Å². The molecule has 4 heteroatoms. The van der Waals surface area contributed by atoms with Crippen molar-refractivity contribution in [3.63, 3.8) is 0 Å². The minimum Gasteiger partial charge on any atom is -0.464 e. The number of ether oxygens (including phenoxy) is 1. The van der Waals surface area contributed by atoms with E-state index in [1.165, 1.54) is 11.1 Å². The first kappa shape index (κ1) is 12.1. The molecule has 94 valence electrons. The van der Waals surface area contributed by atoms with E-state index >= 15 is 0 Å². The molecule has 4 nitrogen and oxygen atoms in total. The fourth-order valence-electron chi connectivity index (χ4n) is 2.73. The fourth-order valence-corrected chi connectivity index (χ4v) is 2.73. The molecule has 0 spiro atoms. The molecule has 1 amide bonds. The van der Waals surface area contributed by atoms with Gasteiger partial charge in [0.25, 0.3) is 0 Å². The minimum absolute atomic E-state index is 0.0781. The van der Waals surface area contributed by atoms with Crippen LogP contribution in [-0.4, -0.2) is 35.5 Å². The van der Waals surface area contributed by atoms with E-state index in [-0.39, 0.29) is 11.9 Å². The molecule has 2 fully saturated rings. The third kappa shape index (κ3) is 1.75. The van der Waals surface area contributed by atoms with Crippen molar-refractivity contribution in [2.45, 2.75) is 45.6 Å². The molecule has 0 radical (unpaired) electrons. The topological polar surface area (TPSA) is 46.6 Å². The van der Waals surface area contributed by atoms with Gasteiger partial charge in [0, 0.05) is 19.4 Å². The largest absolute Gasteiger partial charge is 0.464 e. The summed E-state index contributed by atoms with van der Waals surface area (Å²) in [7, 11) is 0. The van der Waals surface area contributed by atoms with Crippen molar-refractivity contribution in [1.82, 2.24) is 4.90 Å². The molecule has 1 atom stereocenters. The molecular weight excluding hydrogens is 218 g/mol.